The number of carbonyl (C=O) groups is 3. The van der Waals surface area contributed by atoms with E-state index < -0.39 is 12.2 Å². The van der Waals surface area contributed by atoms with E-state index >= 15 is 0 Å². The molecule has 12 heteroatoms. The minimum Gasteiger partial charge on any atom is -0.482 e. The Hall–Kier alpha value is -4.58. The summed E-state index contributed by atoms with van der Waals surface area (Å²) in [4.78, 5) is 41.3. The van der Waals surface area contributed by atoms with Gasteiger partial charge in [0.2, 0.25) is 5.91 Å². The number of nitrogens with zero attached hydrogens (tertiary/aromatic N) is 2. The fraction of sp³-hybridized carbons (Fsp3) is 0.417. The Morgan fingerprint density at radius 1 is 1.02 bits per heavy atom. The number of hydrogen-bond donors (Lipinski definition) is 3. The molecule has 254 valence electrons. The number of ether oxygens (including phenoxy) is 1. The average molecular weight is 664 g/mol. The van der Waals surface area contributed by atoms with Crippen molar-refractivity contribution in [1.29, 1.82) is 0 Å². The Labute approximate surface area is 277 Å². The van der Waals surface area contributed by atoms with Crippen molar-refractivity contribution in [3.63, 3.8) is 0 Å². The first-order chi connectivity index (χ1) is 23.1. The van der Waals surface area contributed by atoms with E-state index in [0.717, 1.165) is 43.2 Å². The van der Waals surface area contributed by atoms with E-state index in [0.29, 0.717) is 60.7 Å². The highest BCUT2D eigenvalue weighted by atomic mass is 19.4. The number of anilines is 2. The van der Waals surface area contributed by atoms with Gasteiger partial charge in [0.05, 0.1) is 5.69 Å². The zero-order valence-electron chi connectivity index (χ0n) is 26.7. The molecule has 1 fully saturated rings. The average Bonchev–Trinajstić information content (AvgIpc) is 3.92. The molecule has 0 aromatic heterocycles. The number of carbonyl (C=O) groups excluding carboxylic acids is 3. The summed E-state index contributed by atoms with van der Waals surface area (Å²) in [5, 5.41) is 5.40. The molecule has 3 aromatic carbocycles. The lowest BCUT2D eigenvalue weighted by atomic mass is 9.97. The lowest BCUT2D eigenvalue weighted by Gasteiger charge is -2.30. The van der Waals surface area contributed by atoms with E-state index in [1.165, 1.54) is 12.1 Å². The van der Waals surface area contributed by atoms with Crippen molar-refractivity contribution in [3.8, 4) is 5.75 Å². The minimum absolute atomic E-state index is 0.0500. The van der Waals surface area contributed by atoms with E-state index in [1.54, 1.807) is 53.4 Å². The van der Waals surface area contributed by atoms with Crippen molar-refractivity contribution in [2.75, 3.05) is 30.3 Å². The summed E-state index contributed by atoms with van der Waals surface area (Å²) in [6.45, 7) is 1.73. The number of nitrogens with two attached hydrogens (primary N) is 1. The maximum absolute atomic E-state index is 14.4. The Kier molecular flexibility index (Phi) is 9.91. The van der Waals surface area contributed by atoms with Gasteiger partial charge in [0.15, 0.2) is 6.61 Å². The maximum atomic E-state index is 14.4. The molecular formula is C36H40F3N5O4. The zero-order valence-corrected chi connectivity index (χ0v) is 26.7. The van der Waals surface area contributed by atoms with E-state index in [1.807, 2.05) is 4.90 Å². The van der Waals surface area contributed by atoms with Gasteiger partial charge in [-0.3, -0.25) is 14.4 Å². The predicted octanol–water partition coefficient (Wildman–Crippen LogP) is 5.94. The van der Waals surface area contributed by atoms with Crippen LogP contribution < -0.4 is 21.1 Å². The van der Waals surface area contributed by atoms with Crippen LogP contribution in [0.2, 0.25) is 0 Å². The molecule has 1 aliphatic carbocycles. The van der Waals surface area contributed by atoms with Gasteiger partial charge >= 0.3 is 6.18 Å². The quantitative estimate of drug-likeness (QED) is 0.207. The molecule has 0 bridgehead atoms. The summed E-state index contributed by atoms with van der Waals surface area (Å²) in [6, 6.07) is 14.4. The van der Waals surface area contributed by atoms with Crippen molar-refractivity contribution in [2.45, 2.75) is 76.3 Å². The number of benzene rings is 3. The zero-order chi connectivity index (χ0) is 33.8. The largest absolute Gasteiger partial charge is 0.482 e. The number of nitrogens with one attached hydrogen (secondary N) is 2. The van der Waals surface area contributed by atoms with E-state index in [2.05, 4.69) is 10.6 Å². The first kappa shape index (κ1) is 33.3. The third kappa shape index (κ3) is 7.92. The number of hydrogen-bond acceptors (Lipinski definition) is 6. The van der Waals surface area contributed by atoms with Crippen LogP contribution in [0.1, 0.15) is 77.2 Å². The molecule has 9 nitrogen and oxygen atoms in total. The number of halogens is 3. The maximum Gasteiger partial charge on any atom is 0.412 e. The van der Waals surface area contributed by atoms with Crippen LogP contribution >= 0.6 is 0 Å². The molecule has 0 spiro atoms. The van der Waals surface area contributed by atoms with Gasteiger partial charge in [-0.15, -0.1) is 0 Å². The molecule has 3 aliphatic rings. The van der Waals surface area contributed by atoms with Gasteiger partial charge < -0.3 is 30.9 Å². The van der Waals surface area contributed by atoms with Gasteiger partial charge in [-0.05, 0) is 91.2 Å². The van der Waals surface area contributed by atoms with E-state index in [4.69, 9.17) is 10.5 Å². The van der Waals surface area contributed by atoms with Crippen LogP contribution in [0.25, 0.3) is 0 Å². The third-order valence-corrected chi connectivity index (χ3v) is 9.08. The minimum atomic E-state index is -4.56. The van der Waals surface area contributed by atoms with Crippen molar-refractivity contribution in [2.24, 2.45) is 5.73 Å². The van der Waals surface area contributed by atoms with Crippen LogP contribution in [0.15, 0.2) is 60.7 Å². The van der Waals surface area contributed by atoms with Gasteiger partial charge in [-0.1, -0.05) is 36.8 Å². The Morgan fingerprint density at radius 3 is 2.54 bits per heavy atom. The highest BCUT2D eigenvalue weighted by Gasteiger charge is 2.41. The highest BCUT2D eigenvalue weighted by Crippen LogP contribution is 2.38. The normalized spacial score (nSPS) is 16.2. The van der Waals surface area contributed by atoms with Crippen LogP contribution in [0, 0.1) is 0 Å². The molecule has 48 heavy (non-hydrogen) atoms. The summed E-state index contributed by atoms with van der Waals surface area (Å²) in [7, 11) is 0. The SMILES string of the molecule is NCCCCCC(=O)N1CCc2cc(NC(c3ccc(CN(C(=O)c4ccc5c(c4)OCC(=O)N5)C4CC4)cc3)C(F)(F)F)ccc2C1. The number of amides is 3. The van der Waals surface area contributed by atoms with Crippen LogP contribution in [0.5, 0.6) is 5.75 Å². The number of rotatable bonds is 12. The summed E-state index contributed by atoms with van der Waals surface area (Å²) >= 11 is 0. The van der Waals surface area contributed by atoms with Crippen molar-refractivity contribution in [1.82, 2.24) is 9.80 Å². The highest BCUT2D eigenvalue weighted by molar-refractivity contribution is 5.99. The number of fused-ring (bicyclic) bond motifs is 2. The second-order valence-corrected chi connectivity index (χ2v) is 12.7. The number of alkyl halides is 3. The molecule has 6 rings (SSSR count). The second-order valence-electron chi connectivity index (χ2n) is 12.7. The van der Waals surface area contributed by atoms with Crippen LogP contribution in [0.4, 0.5) is 24.5 Å². The molecular weight excluding hydrogens is 623 g/mol. The fourth-order valence-electron chi connectivity index (χ4n) is 6.27. The summed E-state index contributed by atoms with van der Waals surface area (Å²) in [5.41, 5.74) is 9.47. The van der Waals surface area contributed by atoms with Gasteiger partial charge in [-0.25, -0.2) is 0 Å². The Morgan fingerprint density at radius 2 is 1.81 bits per heavy atom. The van der Waals surface area contributed by atoms with Gasteiger partial charge in [-0.2, -0.15) is 13.2 Å². The van der Waals surface area contributed by atoms with Crippen molar-refractivity contribution in [3.05, 3.63) is 88.5 Å². The van der Waals surface area contributed by atoms with Crippen molar-refractivity contribution < 1.29 is 32.3 Å². The van der Waals surface area contributed by atoms with Crippen LogP contribution in [0.3, 0.4) is 0 Å². The van der Waals surface area contributed by atoms with E-state index in [-0.39, 0.29) is 42.5 Å². The lowest BCUT2D eigenvalue weighted by Crippen LogP contribution is -2.36. The van der Waals surface area contributed by atoms with Gasteiger partial charge in [0.25, 0.3) is 11.8 Å². The summed E-state index contributed by atoms with van der Waals surface area (Å²) in [6.07, 6.45) is 0.807. The summed E-state index contributed by atoms with van der Waals surface area (Å²) < 4.78 is 48.6. The van der Waals surface area contributed by atoms with E-state index in [9.17, 15) is 27.6 Å². The predicted molar refractivity (Wildman–Crippen MR) is 175 cm³/mol. The molecule has 2 aliphatic heterocycles. The molecule has 0 radical (unpaired) electrons. The van der Waals surface area contributed by atoms with Crippen LogP contribution in [-0.4, -0.2) is 59.4 Å². The molecule has 4 N–H and O–H groups in total. The molecule has 1 saturated carbocycles. The summed E-state index contributed by atoms with van der Waals surface area (Å²) in [5.74, 6) is 0.0463. The number of unbranched alkanes of at least 4 members (excludes halogenated alkanes) is 2. The molecule has 1 unspecified atom stereocenters. The molecule has 3 aromatic rings. The third-order valence-electron chi connectivity index (χ3n) is 9.08. The van der Waals surface area contributed by atoms with Crippen molar-refractivity contribution >= 4 is 29.1 Å². The first-order valence-corrected chi connectivity index (χ1v) is 16.5. The first-order valence-electron chi connectivity index (χ1n) is 16.5. The standard InChI is InChI=1S/C36H40F3N5O4/c37-36(38,39)34(41-28-11-9-27-21-43(17-15-25(27)18-28)33(46)4-2-1-3-16-40)24-7-5-23(6-8-24)20-44(29-12-13-29)35(47)26-10-14-30-31(19-26)48-22-32(45)42-30/h5-11,14,18-19,29,34,41H,1-4,12-13,15-17,20-22,40H2,(H,42,45). The monoisotopic (exact) mass is 663 g/mol. The smallest absolute Gasteiger partial charge is 0.412 e. The molecule has 2 heterocycles. The molecule has 3 amide bonds. The Bertz CT molecular complexity index is 1660. The second kappa shape index (κ2) is 14.3. The molecule has 1 atom stereocenters. The Balaban J connectivity index is 1.11. The van der Waals surface area contributed by atoms with Gasteiger partial charge in [0.1, 0.15) is 11.8 Å². The molecule has 0 saturated heterocycles. The topological polar surface area (TPSA) is 117 Å². The lowest BCUT2D eigenvalue weighted by molar-refractivity contribution is -0.144. The van der Waals surface area contributed by atoms with Gasteiger partial charge in [0, 0.05) is 43.3 Å². The fourth-order valence-corrected chi connectivity index (χ4v) is 6.27. The van der Waals surface area contributed by atoms with Crippen LogP contribution in [-0.2, 0) is 29.1 Å².